The summed E-state index contributed by atoms with van der Waals surface area (Å²) in [7, 11) is 5.95. The third-order valence-electron chi connectivity index (χ3n) is 12.6. The van der Waals surface area contributed by atoms with Gasteiger partial charge in [0.05, 0.1) is 34.4 Å². The van der Waals surface area contributed by atoms with Crippen LogP contribution in [-0.4, -0.2) is 87.4 Å². The third-order valence-corrected chi connectivity index (χ3v) is 12.6. The molecule has 9 nitrogen and oxygen atoms in total. The summed E-state index contributed by atoms with van der Waals surface area (Å²) < 4.78 is 22.9. The first-order valence-electron chi connectivity index (χ1n) is 31.0. The molecule has 0 heterocycles. The summed E-state index contributed by atoms with van der Waals surface area (Å²) in [6.45, 7) is 4.61. The van der Waals surface area contributed by atoms with E-state index in [1.165, 1.54) is 38.5 Å². The van der Waals surface area contributed by atoms with Crippen molar-refractivity contribution < 1.29 is 42.9 Å². The van der Waals surface area contributed by atoms with Crippen molar-refractivity contribution >= 4 is 17.9 Å². The van der Waals surface area contributed by atoms with Crippen molar-refractivity contribution in [3.8, 4) is 0 Å². The Labute approximate surface area is 483 Å². The number of aliphatic carboxylic acids is 1. The zero-order valence-electron chi connectivity index (χ0n) is 50.7. The fourth-order valence-electron chi connectivity index (χ4n) is 7.90. The fraction of sp³-hybridized carbons (Fsp3) is 0.614. The van der Waals surface area contributed by atoms with Gasteiger partial charge in [0.25, 0.3) is 6.29 Å². The molecule has 0 saturated heterocycles. The highest BCUT2D eigenvalue weighted by atomic mass is 16.7. The number of hydrogen-bond donors (Lipinski definition) is 1. The van der Waals surface area contributed by atoms with E-state index in [4.69, 9.17) is 18.9 Å². The lowest BCUT2D eigenvalue weighted by atomic mass is 10.1. The van der Waals surface area contributed by atoms with Crippen molar-refractivity contribution in [3.05, 3.63) is 146 Å². The smallest absolute Gasteiger partial charge is 0.361 e. The summed E-state index contributed by atoms with van der Waals surface area (Å²) in [6.07, 6.45) is 83.5. The van der Waals surface area contributed by atoms with Gasteiger partial charge >= 0.3 is 17.9 Å². The van der Waals surface area contributed by atoms with Crippen LogP contribution in [0.15, 0.2) is 146 Å². The van der Waals surface area contributed by atoms with Gasteiger partial charge in [0.15, 0.2) is 6.10 Å². The number of ether oxygens (including phenoxy) is 4. The van der Waals surface area contributed by atoms with E-state index in [0.29, 0.717) is 17.4 Å². The molecule has 0 bridgehead atoms. The molecular formula is C70H114NO8+. The monoisotopic (exact) mass is 1100 g/mol. The molecule has 0 aliphatic carbocycles. The Kier molecular flexibility index (Phi) is 55.7. The van der Waals surface area contributed by atoms with E-state index in [1.54, 1.807) is 0 Å². The van der Waals surface area contributed by atoms with Crippen LogP contribution in [-0.2, 0) is 33.3 Å². The van der Waals surface area contributed by atoms with Gasteiger partial charge in [-0.15, -0.1) is 0 Å². The lowest BCUT2D eigenvalue weighted by Gasteiger charge is -2.25. The zero-order valence-corrected chi connectivity index (χ0v) is 50.7. The molecule has 0 saturated carbocycles. The van der Waals surface area contributed by atoms with Gasteiger partial charge in [-0.05, 0) is 116 Å². The molecule has 0 rings (SSSR count). The largest absolute Gasteiger partial charge is 0.477 e. The van der Waals surface area contributed by atoms with Crippen LogP contribution in [0.3, 0.4) is 0 Å². The standard InChI is InChI=1S/C70H113NO8/c1-6-8-10-12-14-16-18-20-22-24-26-28-30-31-32-33-34-35-36-37-39-41-43-45-47-49-51-53-55-57-59-61-68(73)79-66(65-78-70(69(74)75)76-63-62-71(3,4)5)64-77-67(72)60-58-56-54-52-50-48-46-44-42-40-38-29-27-25-23-21-19-17-15-13-11-9-7-2/h8-11,14-17,20-23,26-29,31-32,34-35,37,39,43,45,66,70H,6-7,12-13,18-19,24-25,30,33,36,38,40-42,44,46-65H2,1-5H3/p+1/b10-8-,11-9-,16-14-,17-15-,22-20-,23-21-,28-26-,29-27-,32-31-,35-34-,39-37-,45-43-. The number of quaternary nitrogens is 1. The predicted octanol–water partition coefficient (Wildman–Crippen LogP) is 18.8. The summed E-state index contributed by atoms with van der Waals surface area (Å²) >= 11 is 0. The molecule has 0 spiro atoms. The average Bonchev–Trinajstić information content (AvgIpc) is 3.42. The molecule has 0 aliphatic heterocycles. The lowest BCUT2D eigenvalue weighted by Crippen LogP contribution is -2.40. The highest BCUT2D eigenvalue weighted by molar-refractivity contribution is 5.71. The lowest BCUT2D eigenvalue weighted by molar-refractivity contribution is -0.870. The minimum absolute atomic E-state index is 0.175. The highest BCUT2D eigenvalue weighted by Gasteiger charge is 2.25. The van der Waals surface area contributed by atoms with Gasteiger partial charge in [0.2, 0.25) is 0 Å². The molecule has 2 unspecified atom stereocenters. The number of likely N-dealkylation sites (N-methyl/N-ethyl adjacent to an activating group) is 1. The molecule has 9 heteroatoms. The average molecular weight is 1100 g/mol. The van der Waals surface area contributed by atoms with Crippen molar-refractivity contribution in [1.82, 2.24) is 0 Å². The summed E-state index contributed by atoms with van der Waals surface area (Å²) in [4.78, 5) is 37.5. The normalized spacial score (nSPS) is 13.8. The van der Waals surface area contributed by atoms with Gasteiger partial charge in [0, 0.05) is 12.8 Å². The number of carbonyl (C=O) groups is 3. The van der Waals surface area contributed by atoms with Gasteiger partial charge in [-0.2, -0.15) is 0 Å². The summed E-state index contributed by atoms with van der Waals surface area (Å²) in [5.74, 6) is -2.05. The number of carbonyl (C=O) groups excluding carboxylic acids is 2. The second-order valence-corrected chi connectivity index (χ2v) is 21.2. The van der Waals surface area contributed by atoms with E-state index in [1.807, 2.05) is 21.1 Å². The molecule has 0 radical (unpaired) electrons. The quantitative estimate of drug-likeness (QED) is 0.0211. The SMILES string of the molecule is CC/C=C\C/C=C\C/C=C\C/C=C\C/C=C\C/C=C\C/C=C\C/C=C\CCCCCCCCC(=O)OC(COC(=O)CCCCCCCCCCCC/C=C\C/C=C\C/C=C\C/C=C\CC)COC(OCC[N+](C)(C)C)C(=O)O. The molecule has 0 fully saturated rings. The minimum atomic E-state index is -1.53. The highest BCUT2D eigenvalue weighted by Crippen LogP contribution is 2.15. The molecule has 0 aromatic carbocycles. The second kappa shape index (κ2) is 59.3. The number of rotatable bonds is 55. The van der Waals surface area contributed by atoms with Crippen LogP contribution in [0, 0.1) is 0 Å². The molecule has 0 aromatic rings. The Hall–Kier alpha value is -4.83. The Balaban J connectivity index is 4.30. The molecular weight excluding hydrogens is 983 g/mol. The van der Waals surface area contributed by atoms with Crippen LogP contribution in [0.4, 0.5) is 0 Å². The van der Waals surface area contributed by atoms with Crippen LogP contribution in [0.5, 0.6) is 0 Å². The van der Waals surface area contributed by atoms with E-state index >= 15 is 0 Å². The van der Waals surface area contributed by atoms with Gasteiger partial charge in [-0.1, -0.05) is 237 Å². The number of unbranched alkanes of at least 4 members (excludes halogenated alkanes) is 16. The van der Waals surface area contributed by atoms with Crippen LogP contribution in [0.1, 0.15) is 219 Å². The number of nitrogens with zero attached hydrogens (tertiary/aromatic N) is 1. The third kappa shape index (κ3) is 60.7. The summed E-state index contributed by atoms with van der Waals surface area (Å²) in [5.41, 5.74) is 0. The molecule has 0 aromatic heterocycles. The minimum Gasteiger partial charge on any atom is -0.477 e. The van der Waals surface area contributed by atoms with Gasteiger partial charge in [0.1, 0.15) is 13.2 Å². The van der Waals surface area contributed by atoms with Gasteiger partial charge < -0.3 is 28.5 Å². The molecule has 0 amide bonds. The maximum atomic E-state index is 12.9. The molecule has 2 atom stereocenters. The topological polar surface area (TPSA) is 108 Å². The summed E-state index contributed by atoms with van der Waals surface area (Å²) in [6, 6.07) is 0. The van der Waals surface area contributed by atoms with E-state index < -0.39 is 24.3 Å². The number of carboxylic acid groups (broad SMARTS) is 1. The van der Waals surface area contributed by atoms with Crippen molar-refractivity contribution in [3.63, 3.8) is 0 Å². The Morgan fingerprint density at radius 3 is 1.01 bits per heavy atom. The van der Waals surface area contributed by atoms with Crippen LogP contribution >= 0.6 is 0 Å². The number of hydrogen-bond acceptors (Lipinski definition) is 7. The van der Waals surface area contributed by atoms with Crippen LogP contribution < -0.4 is 0 Å². The van der Waals surface area contributed by atoms with Crippen molar-refractivity contribution in [1.29, 1.82) is 0 Å². The van der Waals surface area contributed by atoms with Gasteiger partial charge in [-0.25, -0.2) is 4.79 Å². The van der Waals surface area contributed by atoms with E-state index in [2.05, 4.69) is 160 Å². The second-order valence-electron chi connectivity index (χ2n) is 21.2. The Morgan fingerprint density at radius 1 is 0.380 bits per heavy atom. The fourth-order valence-corrected chi connectivity index (χ4v) is 7.90. The first-order valence-corrected chi connectivity index (χ1v) is 31.0. The number of esters is 2. The Bertz CT molecular complexity index is 1800. The van der Waals surface area contributed by atoms with Gasteiger partial charge in [-0.3, -0.25) is 9.59 Å². The number of carboxylic acids is 1. The van der Waals surface area contributed by atoms with Crippen molar-refractivity contribution in [2.75, 3.05) is 47.5 Å². The van der Waals surface area contributed by atoms with Crippen molar-refractivity contribution in [2.45, 2.75) is 232 Å². The molecule has 0 aliphatic rings. The van der Waals surface area contributed by atoms with Crippen LogP contribution in [0.25, 0.3) is 0 Å². The van der Waals surface area contributed by atoms with Crippen molar-refractivity contribution in [2.24, 2.45) is 0 Å². The zero-order chi connectivity index (χ0) is 57.6. The predicted molar refractivity (Wildman–Crippen MR) is 336 cm³/mol. The van der Waals surface area contributed by atoms with E-state index in [0.717, 1.165) is 148 Å². The van der Waals surface area contributed by atoms with E-state index in [9.17, 15) is 19.5 Å². The molecule has 1 N–H and O–H groups in total. The first-order chi connectivity index (χ1) is 38.6. The van der Waals surface area contributed by atoms with Crippen LogP contribution in [0.2, 0.25) is 0 Å². The Morgan fingerprint density at radius 2 is 0.684 bits per heavy atom. The maximum absolute atomic E-state index is 12.9. The number of allylic oxidation sites excluding steroid dienone is 24. The molecule has 79 heavy (non-hydrogen) atoms. The first kappa shape index (κ1) is 74.2. The van der Waals surface area contributed by atoms with E-state index in [-0.39, 0.29) is 38.6 Å². The molecule has 446 valence electrons. The maximum Gasteiger partial charge on any atom is 0.361 e. The summed E-state index contributed by atoms with van der Waals surface area (Å²) in [5, 5.41) is 9.72.